The molecular weight excluding hydrogens is 224 g/mol. The topological polar surface area (TPSA) is 42.0 Å². The van der Waals surface area contributed by atoms with Crippen LogP contribution >= 0.6 is 0 Å². The van der Waals surface area contributed by atoms with E-state index in [-0.39, 0.29) is 5.91 Å². The van der Waals surface area contributed by atoms with Gasteiger partial charge in [0.15, 0.2) is 0 Å². The standard InChI is InChI=1S/C15H16N2O/c1-3-12-7-9-13(10-8-12)15(18)17-14-6-4-5-11(2)16-14/h4-10H,3H2,1-2H3,(H,16,17,18). The second kappa shape index (κ2) is 5.45. The van der Waals surface area contributed by atoms with Crippen molar-refractivity contribution in [3.8, 4) is 0 Å². The molecular formula is C15H16N2O. The smallest absolute Gasteiger partial charge is 0.256 e. The van der Waals surface area contributed by atoms with Gasteiger partial charge in [0.25, 0.3) is 5.91 Å². The van der Waals surface area contributed by atoms with Crippen molar-refractivity contribution in [3.05, 3.63) is 59.3 Å². The summed E-state index contributed by atoms with van der Waals surface area (Å²) in [6, 6.07) is 13.2. The first-order chi connectivity index (χ1) is 8.69. The molecule has 0 saturated heterocycles. The van der Waals surface area contributed by atoms with Crippen molar-refractivity contribution in [2.75, 3.05) is 5.32 Å². The number of carbonyl (C=O) groups excluding carboxylic acids is 1. The number of aromatic nitrogens is 1. The van der Waals surface area contributed by atoms with Crippen LogP contribution in [0.2, 0.25) is 0 Å². The second-order valence-electron chi connectivity index (χ2n) is 4.17. The summed E-state index contributed by atoms with van der Waals surface area (Å²) in [5.74, 6) is 0.454. The molecule has 1 N–H and O–H groups in total. The van der Waals surface area contributed by atoms with Crippen molar-refractivity contribution in [3.63, 3.8) is 0 Å². The molecule has 1 aromatic carbocycles. The third-order valence-corrected chi connectivity index (χ3v) is 2.75. The number of pyridine rings is 1. The van der Waals surface area contributed by atoms with Crippen molar-refractivity contribution < 1.29 is 4.79 Å². The Bertz CT molecular complexity index is 547. The highest BCUT2D eigenvalue weighted by atomic mass is 16.1. The average Bonchev–Trinajstić information content (AvgIpc) is 2.39. The molecule has 0 radical (unpaired) electrons. The molecule has 0 aliphatic heterocycles. The molecule has 0 atom stereocenters. The second-order valence-corrected chi connectivity index (χ2v) is 4.17. The van der Waals surface area contributed by atoms with Gasteiger partial charge < -0.3 is 5.32 Å². The van der Waals surface area contributed by atoms with E-state index < -0.39 is 0 Å². The fourth-order valence-electron chi connectivity index (χ4n) is 1.69. The van der Waals surface area contributed by atoms with Crippen LogP contribution < -0.4 is 5.32 Å². The number of aryl methyl sites for hydroxylation is 2. The van der Waals surface area contributed by atoms with Gasteiger partial charge in [-0.3, -0.25) is 4.79 Å². The zero-order valence-electron chi connectivity index (χ0n) is 10.6. The van der Waals surface area contributed by atoms with E-state index in [0.717, 1.165) is 12.1 Å². The van der Waals surface area contributed by atoms with E-state index in [4.69, 9.17) is 0 Å². The Labute approximate surface area is 107 Å². The predicted molar refractivity (Wildman–Crippen MR) is 72.7 cm³/mol. The predicted octanol–water partition coefficient (Wildman–Crippen LogP) is 3.20. The number of amides is 1. The van der Waals surface area contributed by atoms with Crippen LogP contribution in [0.3, 0.4) is 0 Å². The van der Waals surface area contributed by atoms with Gasteiger partial charge in [-0.15, -0.1) is 0 Å². The molecule has 1 aromatic heterocycles. The minimum atomic E-state index is -0.129. The summed E-state index contributed by atoms with van der Waals surface area (Å²) in [6.07, 6.45) is 0.974. The molecule has 2 aromatic rings. The highest BCUT2D eigenvalue weighted by Crippen LogP contribution is 2.09. The average molecular weight is 240 g/mol. The Hall–Kier alpha value is -2.16. The van der Waals surface area contributed by atoms with Gasteiger partial charge in [-0.1, -0.05) is 25.1 Å². The highest BCUT2D eigenvalue weighted by Gasteiger charge is 2.06. The van der Waals surface area contributed by atoms with Gasteiger partial charge in [0, 0.05) is 11.3 Å². The van der Waals surface area contributed by atoms with Crippen molar-refractivity contribution in [1.29, 1.82) is 0 Å². The van der Waals surface area contributed by atoms with Crippen LogP contribution in [0.4, 0.5) is 5.82 Å². The minimum absolute atomic E-state index is 0.129. The number of hydrogen-bond donors (Lipinski definition) is 1. The first kappa shape index (κ1) is 12.3. The van der Waals surface area contributed by atoms with E-state index in [1.807, 2.05) is 43.3 Å². The number of benzene rings is 1. The van der Waals surface area contributed by atoms with Gasteiger partial charge in [0.05, 0.1) is 0 Å². The lowest BCUT2D eigenvalue weighted by Crippen LogP contribution is -2.13. The van der Waals surface area contributed by atoms with Gasteiger partial charge in [-0.25, -0.2) is 4.98 Å². The molecule has 2 rings (SSSR count). The summed E-state index contributed by atoms with van der Waals surface area (Å²) in [5, 5.41) is 2.79. The van der Waals surface area contributed by atoms with Gasteiger partial charge in [-0.2, -0.15) is 0 Å². The van der Waals surface area contributed by atoms with Gasteiger partial charge in [0.2, 0.25) is 0 Å². The Balaban J connectivity index is 2.11. The fourth-order valence-corrected chi connectivity index (χ4v) is 1.69. The summed E-state index contributed by atoms with van der Waals surface area (Å²) in [6.45, 7) is 3.98. The number of hydrogen-bond acceptors (Lipinski definition) is 2. The van der Waals surface area contributed by atoms with Crippen LogP contribution in [-0.2, 0) is 6.42 Å². The molecule has 3 nitrogen and oxygen atoms in total. The Morgan fingerprint density at radius 3 is 2.50 bits per heavy atom. The molecule has 18 heavy (non-hydrogen) atoms. The maximum atomic E-state index is 12.0. The van der Waals surface area contributed by atoms with Crippen LogP contribution in [-0.4, -0.2) is 10.9 Å². The van der Waals surface area contributed by atoms with Crippen molar-refractivity contribution in [2.45, 2.75) is 20.3 Å². The molecule has 1 amide bonds. The van der Waals surface area contributed by atoms with Gasteiger partial charge in [-0.05, 0) is 43.2 Å². The van der Waals surface area contributed by atoms with E-state index in [2.05, 4.69) is 17.2 Å². The lowest BCUT2D eigenvalue weighted by Gasteiger charge is -2.05. The number of carbonyl (C=O) groups is 1. The monoisotopic (exact) mass is 240 g/mol. The molecule has 0 aliphatic carbocycles. The molecule has 0 aliphatic rings. The molecule has 1 heterocycles. The Morgan fingerprint density at radius 1 is 1.17 bits per heavy atom. The summed E-state index contributed by atoms with van der Waals surface area (Å²) in [5.41, 5.74) is 2.75. The van der Waals surface area contributed by atoms with Gasteiger partial charge >= 0.3 is 0 Å². The number of nitrogens with one attached hydrogen (secondary N) is 1. The van der Waals surface area contributed by atoms with Crippen LogP contribution in [0.5, 0.6) is 0 Å². The largest absolute Gasteiger partial charge is 0.307 e. The molecule has 0 unspecified atom stereocenters. The number of rotatable bonds is 3. The van der Waals surface area contributed by atoms with Crippen LogP contribution in [0.25, 0.3) is 0 Å². The summed E-state index contributed by atoms with van der Waals surface area (Å²) in [7, 11) is 0. The van der Waals surface area contributed by atoms with E-state index in [1.54, 1.807) is 6.07 Å². The van der Waals surface area contributed by atoms with E-state index in [1.165, 1.54) is 5.56 Å². The zero-order valence-corrected chi connectivity index (χ0v) is 10.6. The fraction of sp³-hybridized carbons (Fsp3) is 0.200. The summed E-state index contributed by atoms with van der Waals surface area (Å²) in [4.78, 5) is 16.2. The maximum absolute atomic E-state index is 12.0. The van der Waals surface area contributed by atoms with E-state index in [9.17, 15) is 4.79 Å². The highest BCUT2D eigenvalue weighted by molar-refractivity contribution is 6.03. The molecule has 3 heteroatoms. The van der Waals surface area contributed by atoms with Crippen molar-refractivity contribution in [2.24, 2.45) is 0 Å². The van der Waals surface area contributed by atoms with Crippen LogP contribution in [0, 0.1) is 6.92 Å². The summed E-state index contributed by atoms with van der Waals surface area (Å²) >= 11 is 0. The molecule has 0 fully saturated rings. The third-order valence-electron chi connectivity index (χ3n) is 2.75. The molecule has 0 saturated carbocycles. The Morgan fingerprint density at radius 2 is 1.89 bits per heavy atom. The van der Waals surface area contributed by atoms with E-state index >= 15 is 0 Å². The van der Waals surface area contributed by atoms with Crippen LogP contribution in [0.15, 0.2) is 42.5 Å². The maximum Gasteiger partial charge on any atom is 0.256 e. The summed E-state index contributed by atoms with van der Waals surface area (Å²) < 4.78 is 0. The first-order valence-electron chi connectivity index (χ1n) is 6.03. The van der Waals surface area contributed by atoms with Crippen molar-refractivity contribution in [1.82, 2.24) is 4.98 Å². The van der Waals surface area contributed by atoms with E-state index in [0.29, 0.717) is 11.4 Å². The molecule has 0 spiro atoms. The zero-order chi connectivity index (χ0) is 13.0. The number of anilines is 1. The SMILES string of the molecule is CCc1ccc(C(=O)Nc2cccc(C)n2)cc1. The normalized spacial score (nSPS) is 10.1. The Kier molecular flexibility index (Phi) is 3.72. The van der Waals surface area contributed by atoms with Crippen molar-refractivity contribution >= 4 is 11.7 Å². The lowest BCUT2D eigenvalue weighted by atomic mass is 10.1. The first-order valence-corrected chi connectivity index (χ1v) is 6.03. The molecule has 0 bridgehead atoms. The minimum Gasteiger partial charge on any atom is -0.307 e. The number of nitrogens with zero attached hydrogens (tertiary/aromatic N) is 1. The van der Waals surface area contributed by atoms with Gasteiger partial charge in [0.1, 0.15) is 5.82 Å². The lowest BCUT2D eigenvalue weighted by molar-refractivity contribution is 0.102. The molecule has 92 valence electrons. The quantitative estimate of drug-likeness (QED) is 0.895. The third kappa shape index (κ3) is 2.94. The van der Waals surface area contributed by atoms with Crippen LogP contribution in [0.1, 0.15) is 28.5 Å².